The zero-order chi connectivity index (χ0) is 22.8. The molecule has 0 bridgehead atoms. The second-order valence-corrected chi connectivity index (χ2v) is 7.63. The number of para-hydroxylation sites is 1. The minimum absolute atomic E-state index is 0. The van der Waals surface area contributed by atoms with E-state index in [0.717, 1.165) is 12.1 Å². The number of aliphatic imine (C=N–C) groups is 1. The quantitative estimate of drug-likeness (QED) is 0.244. The Hall–Kier alpha value is -2.14. The highest BCUT2D eigenvalue weighted by molar-refractivity contribution is 14.0. The van der Waals surface area contributed by atoms with Crippen LogP contribution in [0.4, 0.5) is 8.78 Å². The van der Waals surface area contributed by atoms with Gasteiger partial charge in [-0.25, -0.2) is 0 Å². The summed E-state index contributed by atoms with van der Waals surface area (Å²) in [6.45, 7) is 3.45. The first-order chi connectivity index (χ1) is 15.6. The molecule has 2 N–H and O–H groups in total. The molecule has 0 radical (unpaired) electrons. The molecule has 0 aromatic heterocycles. The summed E-state index contributed by atoms with van der Waals surface area (Å²) in [4.78, 5) is 6.70. The van der Waals surface area contributed by atoms with Gasteiger partial charge in [0, 0.05) is 32.2 Å². The molecule has 0 aliphatic carbocycles. The molecule has 1 aliphatic heterocycles. The van der Waals surface area contributed by atoms with Crippen molar-refractivity contribution in [2.75, 3.05) is 26.7 Å². The summed E-state index contributed by atoms with van der Waals surface area (Å²) in [5.41, 5.74) is 3.02. The topological polar surface area (TPSA) is 58.1 Å². The molecule has 3 rings (SSSR count). The van der Waals surface area contributed by atoms with E-state index in [1.807, 2.05) is 0 Å². The second kappa shape index (κ2) is 14.2. The van der Waals surface area contributed by atoms with Gasteiger partial charge in [-0.2, -0.15) is 8.78 Å². The first-order valence-corrected chi connectivity index (χ1v) is 11.0. The minimum atomic E-state index is -2.93. The Morgan fingerprint density at radius 1 is 1.03 bits per heavy atom. The van der Waals surface area contributed by atoms with E-state index in [0.29, 0.717) is 30.4 Å². The van der Waals surface area contributed by atoms with Crippen LogP contribution in [-0.2, 0) is 19.6 Å². The standard InChI is InChI=1S/C24H32F2N4O2.HI/c1-3-31-21-8-6-7-20(22(21)32-23(25)26)16-29-24(27-2)28-15-18-9-11-19(12-10-18)17-30-13-4-5-14-30;/h6-12,23H,3-5,13-17H2,1-2H3,(H2,27,28,29);1H. The lowest BCUT2D eigenvalue weighted by molar-refractivity contribution is -0.0520. The van der Waals surface area contributed by atoms with Gasteiger partial charge in [-0.05, 0) is 50.0 Å². The molecule has 0 saturated carbocycles. The Balaban J connectivity index is 0.00000385. The first-order valence-electron chi connectivity index (χ1n) is 11.0. The highest BCUT2D eigenvalue weighted by Crippen LogP contribution is 2.32. The third kappa shape index (κ3) is 8.62. The predicted octanol–water partition coefficient (Wildman–Crippen LogP) is 4.77. The summed E-state index contributed by atoms with van der Waals surface area (Å²) >= 11 is 0. The van der Waals surface area contributed by atoms with Crippen LogP contribution in [0.5, 0.6) is 11.5 Å². The Bertz CT molecular complexity index is 875. The molecule has 0 spiro atoms. The van der Waals surface area contributed by atoms with E-state index in [9.17, 15) is 8.78 Å². The van der Waals surface area contributed by atoms with Gasteiger partial charge < -0.3 is 20.1 Å². The van der Waals surface area contributed by atoms with E-state index in [4.69, 9.17) is 9.47 Å². The van der Waals surface area contributed by atoms with Gasteiger partial charge in [0.1, 0.15) is 0 Å². The number of alkyl halides is 2. The van der Waals surface area contributed by atoms with Crippen molar-refractivity contribution >= 4 is 29.9 Å². The molecule has 0 amide bonds. The SMILES string of the molecule is CCOc1cccc(CNC(=NC)NCc2ccc(CN3CCCC3)cc2)c1OC(F)F.I. The maximum absolute atomic E-state index is 12.9. The van der Waals surface area contributed by atoms with E-state index < -0.39 is 6.61 Å². The van der Waals surface area contributed by atoms with Gasteiger partial charge in [-0.15, -0.1) is 24.0 Å². The largest absolute Gasteiger partial charge is 0.490 e. The Morgan fingerprint density at radius 3 is 2.33 bits per heavy atom. The van der Waals surface area contributed by atoms with Crippen molar-refractivity contribution in [3.05, 3.63) is 59.2 Å². The van der Waals surface area contributed by atoms with E-state index in [1.165, 1.54) is 31.5 Å². The summed E-state index contributed by atoms with van der Waals surface area (Å²) in [6.07, 6.45) is 2.58. The van der Waals surface area contributed by atoms with Crippen molar-refractivity contribution in [2.45, 2.75) is 46.0 Å². The number of ether oxygens (including phenoxy) is 2. The number of nitrogens with zero attached hydrogens (tertiary/aromatic N) is 2. The van der Waals surface area contributed by atoms with Gasteiger partial charge in [-0.3, -0.25) is 9.89 Å². The lowest BCUT2D eigenvalue weighted by Gasteiger charge is -2.17. The molecule has 1 saturated heterocycles. The summed E-state index contributed by atoms with van der Waals surface area (Å²) in [5.74, 6) is 0.904. The molecule has 1 heterocycles. The zero-order valence-corrected chi connectivity index (χ0v) is 21.5. The fourth-order valence-electron chi connectivity index (χ4n) is 3.74. The van der Waals surface area contributed by atoms with Crippen LogP contribution in [0, 0.1) is 0 Å². The zero-order valence-electron chi connectivity index (χ0n) is 19.2. The van der Waals surface area contributed by atoms with Gasteiger partial charge in [-0.1, -0.05) is 36.4 Å². The van der Waals surface area contributed by atoms with Crippen molar-refractivity contribution in [3.63, 3.8) is 0 Å². The number of halogens is 3. The van der Waals surface area contributed by atoms with Gasteiger partial charge >= 0.3 is 6.61 Å². The molecule has 182 valence electrons. The van der Waals surface area contributed by atoms with Crippen LogP contribution in [0.2, 0.25) is 0 Å². The Morgan fingerprint density at radius 2 is 1.70 bits per heavy atom. The number of likely N-dealkylation sites (tertiary alicyclic amines) is 1. The van der Waals surface area contributed by atoms with Crippen LogP contribution in [0.15, 0.2) is 47.5 Å². The summed E-state index contributed by atoms with van der Waals surface area (Å²) < 4.78 is 36.0. The minimum Gasteiger partial charge on any atom is -0.490 e. The van der Waals surface area contributed by atoms with Crippen molar-refractivity contribution in [1.82, 2.24) is 15.5 Å². The monoisotopic (exact) mass is 574 g/mol. The molecule has 0 unspecified atom stereocenters. The Labute approximate surface area is 211 Å². The van der Waals surface area contributed by atoms with Gasteiger partial charge in [0.25, 0.3) is 0 Å². The van der Waals surface area contributed by atoms with E-state index in [2.05, 4.69) is 44.8 Å². The number of hydrogen-bond donors (Lipinski definition) is 2. The lowest BCUT2D eigenvalue weighted by atomic mass is 10.1. The highest BCUT2D eigenvalue weighted by Gasteiger charge is 2.16. The average molecular weight is 574 g/mol. The number of rotatable bonds is 10. The smallest absolute Gasteiger partial charge is 0.387 e. The molecule has 1 aliphatic rings. The van der Waals surface area contributed by atoms with Gasteiger partial charge in [0.15, 0.2) is 17.5 Å². The van der Waals surface area contributed by atoms with E-state index in [1.54, 1.807) is 32.2 Å². The molecule has 1 fully saturated rings. The second-order valence-electron chi connectivity index (χ2n) is 7.63. The number of nitrogens with one attached hydrogen (secondary N) is 2. The third-order valence-electron chi connectivity index (χ3n) is 5.32. The maximum Gasteiger partial charge on any atom is 0.387 e. The van der Waals surface area contributed by atoms with E-state index >= 15 is 0 Å². The molecular formula is C24H33F2IN4O2. The maximum atomic E-state index is 12.9. The number of hydrogen-bond acceptors (Lipinski definition) is 4. The summed E-state index contributed by atoms with van der Waals surface area (Å²) in [5, 5.41) is 6.41. The summed E-state index contributed by atoms with van der Waals surface area (Å²) in [6, 6.07) is 13.7. The van der Waals surface area contributed by atoms with Crippen molar-refractivity contribution in [1.29, 1.82) is 0 Å². The molecule has 2 aromatic rings. The molecular weight excluding hydrogens is 541 g/mol. The normalized spacial score (nSPS) is 14.2. The third-order valence-corrected chi connectivity index (χ3v) is 5.32. The Kier molecular flexibility index (Phi) is 11.7. The van der Waals surface area contributed by atoms with Crippen LogP contribution < -0.4 is 20.1 Å². The fourth-order valence-corrected chi connectivity index (χ4v) is 3.74. The molecule has 0 atom stereocenters. The van der Waals surface area contributed by atoms with Crippen LogP contribution in [0.1, 0.15) is 36.5 Å². The van der Waals surface area contributed by atoms with Crippen molar-refractivity contribution in [2.24, 2.45) is 4.99 Å². The van der Waals surface area contributed by atoms with Gasteiger partial charge in [0.2, 0.25) is 0 Å². The van der Waals surface area contributed by atoms with Crippen LogP contribution in [0.25, 0.3) is 0 Å². The molecule has 2 aromatic carbocycles. The van der Waals surface area contributed by atoms with Crippen LogP contribution in [0.3, 0.4) is 0 Å². The highest BCUT2D eigenvalue weighted by atomic mass is 127. The summed E-state index contributed by atoms with van der Waals surface area (Å²) in [7, 11) is 1.67. The molecule has 9 heteroatoms. The molecule has 6 nitrogen and oxygen atoms in total. The van der Waals surface area contributed by atoms with Crippen LogP contribution >= 0.6 is 24.0 Å². The number of guanidine groups is 1. The molecule has 33 heavy (non-hydrogen) atoms. The average Bonchev–Trinajstić information content (AvgIpc) is 3.29. The van der Waals surface area contributed by atoms with Gasteiger partial charge in [0.05, 0.1) is 6.61 Å². The van der Waals surface area contributed by atoms with E-state index in [-0.39, 0.29) is 36.3 Å². The van der Waals surface area contributed by atoms with Crippen LogP contribution in [-0.4, -0.2) is 44.2 Å². The van der Waals surface area contributed by atoms with Crippen molar-refractivity contribution < 1.29 is 18.3 Å². The lowest BCUT2D eigenvalue weighted by Crippen LogP contribution is -2.36. The predicted molar refractivity (Wildman–Crippen MR) is 138 cm³/mol. The first kappa shape index (κ1) is 27.1. The van der Waals surface area contributed by atoms with Crippen molar-refractivity contribution in [3.8, 4) is 11.5 Å². The fraction of sp³-hybridized carbons (Fsp3) is 0.458. The number of benzene rings is 2.